The number of hydrogen-bond donors (Lipinski definition) is 3. The van der Waals surface area contributed by atoms with Crippen LogP contribution in [0.15, 0.2) is 30.3 Å². The Hall–Kier alpha value is -2.45. The molecule has 9 heteroatoms. The Kier molecular flexibility index (Phi) is 7.11. The zero-order chi connectivity index (χ0) is 17.6. The summed E-state index contributed by atoms with van der Waals surface area (Å²) in [5.74, 6) is 0.844. The number of carbonyl (C=O) groups is 2. The zero-order valence-corrected chi connectivity index (χ0v) is 15.4. The lowest BCUT2D eigenvalue weighted by Crippen LogP contribution is -2.33. The number of rotatable bonds is 5. The molecule has 0 unspecified atom stereocenters. The van der Waals surface area contributed by atoms with Gasteiger partial charge in [-0.1, -0.05) is 18.2 Å². The largest absolute Gasteiger partial charge is 0.343 e. The van der Waals surface area contributed by atoms with Crippen molar-refractivity contribution in [3.8, 4) is 0 Å². The maximum Gasteiger partial charge on any atom is 0.251 e. The molecule has 26 heavy (non-hydrogen) atoms. The van der Waals surface area contributed by atoms with Gasteiger partial charge in [-0.15, -0.1) is 12.4 Å². The molecule has 1 aliphatic rings. The summed E-state index contributed by atoms with van der Waals surface area (Å²) in [6, 6.07) is 8.77. The fraction of sp³-hybridized carbons (Fsp3) is 0.412. The summed E-state index contributed by atoms with van der Waals surface area (Å²) in [6.07, 6.45) is 1.98. The molecule has 8 nitrogen and oxygen atoms in total. The van der Waals surface area contributed by atoms with Crippen LogP contribution in [0.4, 0.5) is 5.95 Å². The van der Waals surface area contributed by atoms with Gasteiger partial charge < -0.3 is 10.6 Å². The maximum atomic E-state index is 12.1. The van der Waals surface area contributed by atoms with Crippen LogP contribution in [0.1, 0.15) is 34.9 Å². The number of aromatic nitrogens is 3. The number of hydrogen-bond acceptors (Lipinski definition) is 5. The summed E-state index contributed by atoms with van der Waals surface area (Å²) in [5.41, 5.74) is 0.516. The van der Waals surface area contributed by atoms with Crippen molar-refractivity contribution in [1.29, 1.82) is 0 Å². The van der Waals surface area contributed by atoms with Gasteiger partial charge >= 0.3 is 0 Å². The van der Waals surface area contributed by atoms with Gasteiger partial charge in [0.05, 0.1) is 6.54 Å². The fourth-order valence-corrected chi connectivity index (χ4v) is 2.79. The molecule has 2 heterocycles. The number of benzene rings is 1. The van der Waals surface area contributed by atoms with Gasteiger partial charge in [0.1, 0.15) is 0 Å². The van der Waals surface area contributed by atoms with Crippen LogP contribution in [0.5, 0.6) is 0 Å². The SMILES string of the molecule is Cl.Cn1nc(C2CCNCC2)nc1NC(=O)CNC(=O)c1ccccc1. The third kappa shape index (κ3) is 5.03. The van der Waals surface area contributed by atoms with E-state index in [2.05, 4.69) is 26.0 Å². The highest BCUT2D eigenvalue weighted by Gasteiger charge is 2.21. The van der Waals surface area contributed by atoms with Gasteiger partial charge in [-0.2, -0.15) is 10.1 Å². The lowest BCUT2D eigenvalue weighted by Gasteiger charge is -2.19. The molecule has 0 bridgehead atoms. The van der Waals surface area contributed by atoms with E-state index >= 15 is 0 Å². The molecule has 0 radical (unpaired) electrons. The minimum Gasteiger partial charge on any atom is -0.343 e. The van der Waals surface area contributed by atoms with E-state index in [1.807, 2.05) is 6.07 Å². The standard InChI is InChI=1S/C17H22N6O2.ClH/c1-23-17(21-15(22-23)12-7-9-18-10-8-12)20-14(24)11-19-16(25)13-5-3-2-4-6-13;/h2-6,12,18H,7-11H2,1H3,(H,19,25)(H,20,21,22,24);1H. The molecule has 1 aliphatic heterocycles. The van der Waals surface area contributed by atoms with E-state index in [0.717, 1.165) is 31.8 Å². The molecule has 1 saturated heterocycles. The van der Waals surface area contributed by atoms with Crippen molar-refractivity contribution in [2.75, 3.05) is 25.0 Å². The predicted octanol–water partition coefficient (Wildman–Crippen LogP) is 1.07. The van der Waals surface area contributed by atoms with Gasteiger partial charge in [0.15, 0.2) is 5.82 Å². The first kappa shape index (κ1) is 19.9. The van der Waals surface area contributed by atoms with Crippen LogP contribution in [0, 0.1) is 0 Å². The van der Waals surface area contributed by atoms with Gasteiger partial charge in [-0.25, -0.2) is 4.68 Å². The number of nitrogens with one attached hydrogen (secondary N) is 3. The monoisotopic (exact) mass is 378 g/mol. The normalized spacial score (nSPS) is 14.3. The van der Waals surface area contributed by atoms with Crippen molar-refractivity contribution in [2.45, 2.75) is 18.8 Å². The van der Waals surface area contributed by atoms with Gasteiger partial charge in [-0.05, 0) is 38.1 Å². The zero-order valence-electron chi connectivity index (χ0n) is 14.6. The van der Waals surface area contributed by atoms with Crippen LogP contribution in [0.25, 0.3) is 0 Å². The number of nitrogens with zero attached hydrogens (tertiary/aromatic N) is 3. The first-order valence-corrected chi connectivity index (χ1v) is 8.38. The summed E-state index contributed by atoms with van der Waals surface area (Å²) in [4.78, 5) is 28.5. The van der Waals surface area contributed by atoms with Crippen LogP contribution in [0.3, 0.4) is 0 Å². The fourth-order valence-electron chi connectivity index (χ4n) is 2.79. The van der Waals surface area contributed by atoms with Gasteiger partial charge in [0.2, 0.25) is 11.9 Å². The van der Waals surface area contributed by atoms with Crippen molar-refractivity contribution in [3.63, 3.8) is 0 Å². The van der Waals surface area contributed by atoms with Crippen molar-refractivity contribution in [3.05, 3.63) is 41.7 Å². The average Bonchev–Trinajstić information content (AvgIpc) is 3.01. The molecular formula is C17H23ClN6O2. The van der Waals surface area contributed by atoms with Crippen LogP contribution in [-0.4, -0.2) is 46.2 Å². The topological polar surface area (TPSA) is 101 Å². The smallest absolute Gasteiger partial charge is 0.251 e. The van der Waals surface area contributed by atoms with E-state index in [-0.39, 0.29) is 30.8 Å². The van der Waals surface area contributed by atoms with Crippen LogP contribution >= 0.6 is 12.4 Å². The molecular weight excluding hydrogens is 356 g/mol. The lowest BCUT2D eigenvalue weighted by molar-refractivity contribution is -0.115. The second-order valence-electron chi connectivity index (χ2n) is 6.04. The predicted molar refractivity (Wildman–Crippen MR) is 101 cm³/mol. The van der Waals surface area contributed by atoms with Crippen molar-refractivity contribution in [2.24, 2.45) is 7.05 Å². The lowest BCUT2D eigenvalue weighted by atomic mass is 9.98. The van der Waals surface area contributed by atoms with Crippen LogP contribution in [-0.2, 0) is 11.8 Å². The second-order valence-corrected chi connectivity index (χ2v) is 6.04. The average molecular weight is 379 g/mol. The number of anilines is 1. The molecule has 3 N–H and O–H groups in total. The van der Waals surface area contributed by atoms with E-state index in [4.69, 9.17) is 0 Å². The summed E-state index contributed by atoms with van der Waals surface area (Å²) in [7, 11) is 1.75. The number of amides is 2. The molecule has 2 aromatic rings. The van der Waals surface area contributed by atoms with E-state index in [0.29, 0.717) is 17.4 Å². The van der Waals surface area contributed by atoms with Crippen LogP contribution in [0.2, 0.25) is 0 Å². The molecule has 3 rings (SSSR count). The first-order chi connectivity index (χ1) is 12.1. The molecule has 1 fully saturated rings. The number of aryl methyl sites for hydroxylation is 1. The quantitative estimate of drug-likeness (QED) is 0.722. The van der Waals surface area contributed by atoms with E-state index in [1.165, 1.54) is 0 Å². The molecule has 0 spiro atoms. The molecule has 1 aromatic heterocycles. The molecule has 0 saturated carbocycles. The van der Waals surface area contributed by atoms with Crippen molar-refractivity contribution in [1.82, 2.24) is 25.4 Å². The Morgan fingerprint density at radius 2 is 1.92 bits per heavy atom. The Balaban J connectivity index is 0.00000243. The van der Waals surface area contributed by atoms with Gasteiger partial charge in [-0.3, -0.25) is 14.9 Å². The summed E-state index contributed by atoms with van der Waals surface area (Å²) >= 11 is 0. The summed E-state index contributed by atoms with van der Waals surface area (Å²) in [5, 5.41) is 13.0. The van der Waals surface area contributed by atoms with E-state index in [9.17, 15) is 9.59 Å². The third-order valence-corrected chi connectivity index (χ3v) is 4.18. The molecule has 2 amide bonds. The highest BCUT2D eigenvalue weighted by Crippen LogP contribution is 2.23. The minimum absolute atomic E-state index is 0. The number of halogens is 1. The Bertz CT molecular complexity index is 743. The Morgan fingerprint density at radius 1 is 1.23 bits per heavy atom. The Morgan fingerprint density at radius 3 is 2.62 bits per heavy atom. The molecule has 1 aromatic carbocycles. The highest BCUT2D eigenvalue weighted by molar-refractivity contribution is 5.98. The van der Waals surface area contributed by atoms with Gasteiger partial charge in [0, 0.05) is 18.5 Å². The highest BCUT2D eigenvalue weighted by atomic mass is 35.5. The number of piperidine rings is 1. The first-order valence-electron chi connectivity index (χ1n) is 8.38. The minimum atomic E-state index is -0.336. The third-order valence-electron chi connectivity index (χ3n) is 4.18. The molecule has 0 aliphatic carbocycles. The number of carbonyl (C=O) groups excluding carboxylic acids is 2. The second kappa shape index (κ2) is 9.30. The van der Waals surface area contributed by atoms with Crippen molar-refractivity contribution >= 4 is 30.2 Å². The Labute approximate surface area is 158 Å². The molecule has 140 valence electrons. The molecule has 0 atom stereocenters. The maximum absolute atomic E-state index is 12.1. The summed E-state index contributed by atoms with van der Waals surface area (Å²) < 4.78 is 1.56. The summed E-state index contributed by atoms with van der Waals surface area (Å²) in [6.45, 7) is 1.79. The van der Waals surface area contributed by atoms with Crippen LogP contribution < -0.4 is 16.0 Å². The van der Waals surface area contributed by atoms with E-state index < -0.39 is 0 Å². The van der Waals surface area contributed by atoms with Gasteiger partial charge in [0.25, 0.3) is 5.91 Å². The van der Waals surface area contributed by atoms with E-state index in [1.54, 1.807) is 36.0 Å². The van der Waals surface area contributed by atoms with Crippen molar-refractivity contribution < 1.29 is 9.59 Å².